The molecule has 0 saturated carbocycles. The Morgan fingerprint density at radius 2 is 1.25 bits per heavy atom. The summed E-state index contributed by atoms with van der Waals surface area (Å²) in [5, 5.41) is 0. The Balaban J connectivity index is -0.00000000500. The first-order valence-corrected chi connectivity index (χ1v) is 2.34. The Morgan fingerprint density at radius 1 is 1.25 bits per heavy atom. The third-order valence-electron chi connectivity index (χ3n) is 0. The van der Waals surface area contributed by atoms with Crippen molar-refractivity contribution in [2.45, 2.75) is 0 Å². The second kappa shape index (κ2) is 20.2. The van der Waals surface area contributed by atoms with E-state index in [0.717, 1.165) is 0 Å². The molecule has 0 atom stereocenters. The van der Waals surface area contributed by atoms with Gasteiger partial charge in [-0.2, -0.15) is 0 Å². The zero-order valence-electron chi connectivity index (χ0n) is 2.33. The van der Waals surface area contributed by atoms with Gasteiger partial charge in [0.15, 0.2) is 0 Å². The van der Waals surface area contributed by atoms with E-state index in [-0.39, 0.29) is 35.0 Å². The molecule has 1 nitrogen and oxygen atoms in total. The molecule has 0 unspecified atom stereocenters. The van der Waals surface area contributed by atoms with Crippen molar-refractivity contribution in [3.05, 3.63) is 0 Å². The Morgan fingerprint density at radius 3 is 1.25 bits per heavy atom. The van der Waals surface area contributed by atoms with E-state index in [4.69, 9.17) is 0 Å². The molecule has 4 heteroatoms. The second-order valence-corrected chi connectivity index (χ2v) is 0. The summed E-state index contributed by atoms with van der Waals surface area (Å²) in [5.41, 5.74) is 0. The molecule has 1 N–H and O–H groups in total. The van der Waals surface area contributed by atoms with Crippen LogP contribution in [0.25, 0.3) is 0 Å². The summed E-state index contributed by atoms with van der Waals surface area (Å²) >= 11 is 1.47. The fraction of sp³-hybridized carbons (Fsp3) is 0. The maximum atomic E-state index is 4.64. The fourth-order valence-corrected chi connectivity index (χ4v) is 0. The molecule has 0 aliphatic rings. The Hall–Kier alpha value is 1.96. The standard InChI is InChI=1S/ClH.Na.H2O.Ti/h1H;;1H2;/q;+1;;+1/p-2. The molecule has 0 spiro atoms. The van der Waals surface area contributed by atoms with Gasteiger partial charge in [-0.05, 0) is 0 Å². The van der Waals surface area contributed by atoms with Crippen molar-refractivity contribution in [1.82, 2.24) is 0 Å². The van der Waals surface area contributed by atoms with Crippen molar-refractivity contribution in [3.8, 4) is 0 Å². The van der Waals surface area contributed by atoms with Gasteiger partial charge in [0.25, 0.3) is 0 Å². The Labute approximate surface area is 63.0 Å². The van der Waals surface area contributed by atoms with Crippen molar-refractivity contribution < 1.29 is 54.4 Å². The summed E-state index contributed by atoms with van der Waals surface area (Å²) in [6.45, 7) is 0. The van der Waals surface area contributed by atoms with Crippen LogP contribution in [0.3, 0.4) is 0 Å². The smallest absolute Gasteiger partial charge is 0.870 e. The molecule has 0 aliphatic heterocycles. The van der Waals surface area contributed by atoms with Gasteiger partial charge in [-0.15, -0.1) is 0 Å². The maximum Gasteiger partial charge on any atom is 1.00 e. The number of hydrogen-bond acceptors (Lipinski definition) is 1. The first kappa shape index (κ1) is 16.7. The molecule has 0 fully saturated rings. The maximum absolute atomic E-state index is 4.64. The van der Waals surface area contributed by atoms with Gasteiger partial charge in [-0.25, -0.2) is 0 Å². The van der Waals surface area contributed by atoms with Crippen molar-refractivity contribution in [2.75, 3.05) is 0 Å². The van der Waals surface area contributed by atoms with Crippen LogP contribution in [0.15, 0.2) is 0 Å². The van der Waals surface area contributed by atoms with Gasteiger partial charge < -0.3 is 5.48 Å². The SMILES string of the molecule is [Cl][Ti].[Na+].[OH-]. The largest absolute Gasteiger partial charge is 1.00 e. The average Bonchev–Trinajstić information content (AvgIpc) is 1.00. The molecule has 19 valence electrons. The van der Waals surface area contributed by atoms with Crippen LogP contribution in [0.1, 0.15) is 0 Å². The molecule has 0 aromatic carbocycles. The van der Waals surface area contributed by atoms with Crippen LogP contribution in [0.5, 0.6) is 0 Å². The van der Waals surface area contributed by atoms with E-state index in [0.29, 0.717) is 0 Å². The summed E-state index contributed by atoms with van der Waals surface area (Å²) in [7, 11) is 4.64. The molecule has 4 heavy (non-hydrogen) atoms. The average molecular weight is 123 g/mol. The van der Waals surface area contributed by atoms with Gasteiger partial charge in [0.1, 0.15) is 0 Å². The van der Waals surface area contributed by atoms with Crippen molar-refractivity contribution in [2.24, 2.45) is 0 Å². The third kappa shape index (κ3) is 9.03. The van der Waals surface area contributed by atoms with E-state index in [2.05, 4.69) is 9.30 Å². The molecule has 0 aliphatic carbocycles. The first-order chi connectivity index (χ1) is 1.00. The van der Waals surface area contributed by atoms with E-state index in [1.165, 1.54) is 19.4 Å². The van der Waals surface area contributed by atoms with Crippen molar-refractivity contribution in [3.63, 3.8) is 0 Å². The normalized spacial score (nSPS) is 1.00. The van der Waals surface area contributed by atoms with Gasteiger partial charge >= 0.3 is 58.2 Å². The van der Waals surface area contributed by atoms with Gasteiger partial charge in [0, 0.05) is 0 Å². The monoisotopic (exact) mass is 123 g/mol. The molecule has 0 heterocycles. The van der Waals surface area contributed by atoms with Gasteiger partial charge in [-0.1, -0.05) is 0 Å². The molecule has 0 rings (SSSR count). The molecule has 0 radical (unpaired) electrons. The minimum absolute atomic E-state index is 0. The molecule has 0 bridgehead atoms. The fourth-order valence-electron chi connectivity index (χ4n) is 0. The second-order valence-electron chi connectivity index (χ2n) is 0. The predicted molar refractivity (Wildman–Crippen MR) is 7.79 cm³/mol. The zero-order valence-corrected chi connectivity index (χ0v) is 6.64. The molecule has 0 saturated heterocycles. The van der Waals surface area contributed by atoms with E-state index >= 15 is 0 Å². The molecular weight excluding hydrogens is 122 g/mol. The number of halogens is 1. The summed E-state index contributed by atoms with van der Waals surface area (Å²) < 4.78 is 0. The Bertz CT molecular complexity index is 8.00. The van der Waals surface area contributed by atoms with E-state index in [9.17, 15) is 0 Å². The third-order valence-corrected chi connectivity index (χ3v) is 0. The summed E-state index contributed by atoms with van der Waals surface area (Å²) in [4.78, 5) is 0. The van der Waals surface area contributed by atoms with Gasteiger partial charge in [-0.3, -0.25) is 0 Å². The van der Waals surface area contributed by atoms with Crippen LogP contribution in [0.4, 0.5) is 0 Å². The van der Waals surface area contributed by atoms with E-state index in [1.54, 1.807) is 0 Å². The number of hydrogen-bond donors (Lipinski definition) is 0. The molecular formula is HClNaOTi. The number of rotatable bonds is 0. The van der Waals surface area contributed by atoms with Crippen molar-refractivity contribution in [1.29, 1.82) is 0 Å². The van der Waals surface area contributed by atoms with E-state index in [1.807, 2.05) is 0 Å². The summed E-state index contributed by atoms with van der Waals surface area (Å²) in [6.07, 6.45) is 0. The van der Waals surface area contributed by atoms with Crippen LogP contribution in [0.2, 0.25) is 0 Å². The van der Waals surface area contributed by atoms with E-state index < -0.39 is 0 Å². The first-order valence-electron chi connectivity index (χ1n) is 0.189. The summed E-state index contributed by atoms with van der Waals surface area (Å²) in [5.74, 6) is 0. The summed E-state index contributed by atoms with van der Waals surface area (Å²) in [6, 6.07) is 0. The molecule has 0 aromatic heterocycles. The van der Waals surface area contributed by atoms with Gasteiger partial charge in [0.2, 0.25) is 0 Å². The quantitative estimate of drug-likeness (QED) is 0.328. The van der Waals surface area contributed by atoms with Crippen LogP contribution in [-0.2, 0) is 19.4 Å². The van der Waals surface area contributed by atoms with Crippen LogP contribution < -0.4 is 29.6 Å². The minimum Gasteiger partial charge on any atom is -0.870 e. The predicted octanol–water partition coefficient (Wildman–Crippen LogP) is -2.49. The minimum atomic E-state index is 0. The van der Waals surface area contributed by atoms with Crippen LogP contribution in [0, 0.1) is 0 Å². The van der Waals surface area contributed by atoms with Crippen molar-refractivity contribution >= 4 is 9.30 Å². The topological polar surface area (TPSA) is 30.0 Å². The molecule has 0 aromatic rings. The molecule has 0 amide bonds. The van der Waals surface area contributed by atoms with Crippen LogP contribution >= 0.6 is 9.30 Å². The van der Waals surface area contributed by atoms with Crippen LogP contribution in [-0.4, -0.2) is 5.48 Å². The van der Waals surface area contributed by atoms with Gasteiger partial charge in [0.05, 0.1) is 0 Å². The Kier molecular flexibility index (Phi) is 84.6. The zero-order chi connectivity index (χ0) is 2.00.